The van der Waals surface area contributed by atoms with Gasteiger partial charge < -0.3 is 11.1 Å². The molecule has 6 heteroatoms. The molecule has 1 aliphatic rings. The van der Waals surface area contributed by atoms with E-state index in [1.165, 1.54) is 18.2 Å². The quantitative estimate of drug-likeness (QED) is 0.485. The summed E-state index contributed by atoms with van der Waals surface area (Å²) in [6.07, 6.45) is 2.93. The number of benzene rings is 1. The lowest BCUT2D eigenvalue weighted by molar-refractivity contribution is -0.384. The Morgan fingerprint density at radius 1 is 1.50 bits per heavy atom. The molecular formula is C12H15N3O3. The third kappa shape index (κ3) is 2.27. The summed E-state index contributed by atoms with van der Waals surface area (Å²) >= 11 is 0. The Kier molecular flexibility index (Phi) is 2.94. The fourth-order valence-corrected chi connectivity index (χ4v) is 2.03. The Morgan fingerprint density at radius 3 is 2.67 bits per heavy atom. The van der Waals surface area contributed by atoms with Crippen molar-refractivity contribution >= 4 is 17.3 Å². The van der Waals surface area contributed by atoms with Gasteiger partial charge in [0.1, 0.15) is 0 Å². The lowest BCUT2D eigenvalue weighted by atomic mass is 9.78. The van der Waals surface area contributed by atoms with Gasteiger partial charge in [-0.2, -0.15) is 0 Å². The minimum atomic E-state index is -0.540. The number of nitro benzene ring substituents is 1. The van der Waals surface area contributed by atoms with E-state index < -0.39 is 4.92 Å². The van der Waals surface area contributed by atoms with E-state index in [-0.39, 0.29) is 28.4 Å². The molecule has 3 N–H and O–H groups in total. The number of nitrogens with one attached hydrogen (secondary N) is 1. The molecule has 1 aromatic carbocycles. The maximum atomic E-state index is 12.0. The molecule has 1 amide bonds. The van der Waals surface area contributed by atoms with Crippen molar-refractivity contribution in [3.63, 3.8) is 0 Å². The molecule has 0 unspecified atom stereocenters. The second kappa shape index (κ2) is 4.29. The second-order valence-electron chi connectivity index (χ2n) is 4.90. The Labute approximate surface area is 104 Å². The first-order valence-corrected chi connectivity index (χ1v) is 5.78. The number of carbonyl (C=O) groups is 1. The Hall–Kier alpha value is -2.11. The van der Waals surface area contributed by atoms with Crippen LogP contribution in [-0.2, 0) is 0 Å². The van der Waals surface area contributed by atoms with Crippen LogP contribution in [0.2, 0.25) is 0 Å². The number of nitrogens with zero attached hydrogens (tertiary/aromatic N) is 1. The topological polar surface area (TPSA) is 98.3 Å². The third-order valence-corrected chi connectivity index (χ3v) is 3.36. The summed E-state index contributed by atoms with van der Waals surface area (Å²) in [6, 6.07) is 3.89. The van der Waals surface area contributed by atoms with Gasteiger partial charge in [0, 0.05) is 23.4 Å². The Balaban J connectivity index is 2.23. The van der Waals surface area contributed by atoms with E-state index in [1.54, 1.807) is 0 Å². The molecule has 0 heterocycles. The first-order chi connectivity index (χ1) is 8.41. The van der Waals surface area contributed by atoms with E-state index in [4.69, 9.17) is 5.73 Å². The van der Waals surface area contributed by atoms with Gasteiger partial charge in [0.15, 0.2) is 0 Å². The van der Waals surface area contributed by atoms with Crippen LogP contribution in [0.5, 0.6) is 0 Å². The molecule has 0 spiro atoms. The van der Waals surface area contributed by atoms with Crippen LogP contribution in [0.4, 0.5) is 11.4 Å². The van der Waals surface area contributed by atoms with Crippen LogP contribution in [-0.4, -0.2) is 16.4 Å². The molecular weight excluding hydrogens is 234 g/mol. The molecule has 0 saturated heterocycles. The van der Waals surface area contributed by atoms with Gasteiger partial charge in [-0.3, -0.25) is 14.9 Å². The van der Waals surface area contributed by atoms with Crippen LogP contribution in [0, 0.1) is 10.1 Å². The number of nitrogen functional groups attached to an aromatic ring is 1. The predicted octanol–water partition coefficient (Wildman–Crippen LogP) is 1.85. The van der Waals surface area contributed by atoms with Crippen molar-refractivity contribution in [2.24, 2.45) is 0 Å². The molecule has 0 aromatic heterocycles. The minimum Gasteiger partial charge on any atom is -0.398 e. The van der Waals surface area contributed by atoms with Crippen molar-refractivity contribution in [3.8, 4) is 0 Å². The van der Waals surface area contributed by atoms with Crippen LogP contribution in [0.3, 0.4) is 0 Å². The second-order valence-corrected chi connectivity index (χ2v) is 4.90. The first kappa shape index (κ1) is 12.3. The van der Waals surface area contributed by atoms with Crippen molar-refractivity contribution in [1.82, 2.24) is 5.32 Å². The molecule has 1 aliphatic carbocycles. The summed E-state index contributed by atoms with van der Waals surface area (Å²) < 4.78 is 0. The average Bonchev–Trinajstić information content (AvgIpc) is 2.27. The number of nitro groups is 1. The number of nitrogens with two attached hydrogens (primary N) is 1. The largest absolute Gasteiger partial charge is 0.398 e. The number of hydrogen-bond acceptors (Lipinski definition) is 4. The van der Waals surface area contributed by atoms with Gasteiger partial charge in [0.05, 0.1) is 10.5 Å². The van der Waals surface area contributed by atoms with E-state index in [1.807, 2.05) is 6.92 Å². The maximum absolute atomic E-state index is 12.0. The highest BCUT2D eigenvalue weighted by Gasteiger charge is 2.33. The number of anilines is 1. The van der Waals surface area contributed by atoms with Crippen molar-refractivity contribution in [2.45, 2.75) is 31.7 Å². The number of hydrogen-bond donors (Lipinski definition) is 2. The van der Waals surface area contributed by atoms with Gasteiger partial charge in [0.2, 0.25) is 0 Å². The molecule has 18 heavy (non-hydrogen) atoms. The Morgan fingerprint density at radius 2 is 2.17 bits per heavy atom. The first-order valence-electron chi connectivity index (χ1n) is 5.78. The Bertz CT molecular complexity index is 509. The molecule has 1 saturated carbocycles. The number of carbonyl (C=O) groups excluding carboxylic acids is 1. The third-order valence-electron chi connectivity index (χ3n) is 3.36. The molecule has 0 atom stereocenters. The van der Waals surface area contributed by atoms with E-state index in [0.29, 0.717) is 0 Å². The van der Waals surface area contributed by atoms with Gasteiger partial charge in [-0.25, -0.2) is 0 Å². The minimum absolute atomic E-state index is 0.131. The highest BCUT2D eigenvalue weighted by molar-refractivity contribution is 6.00. The standard InChI is InChI=1S/C12H15N3O3/c1-12(5-2-6-12)14-11(16)9-7-8(15(17)18)3-4-10(9)13/h3-4,7H,2,5-6,13H2,1H3,(H,14,16). The van der Waals surface area contributed by atoms with Crippen LogP contribution >= 0.6 is 0 Å². The van der Waals surface area contributed by atoms with Crippen LogP contribution in [0.15, 0.2) is 18.2 Å². The summed E-state index contributed by atoms with van der Waals surface area (Å²) in [4.78, 5) is 22.2. The number of amides is 1. The summed E-state index contributed by atoms with van der Waals surface area (Å²) in [5.41, 5.74) is 5.77. The van der Waals surface area contributed by atoms with Gasteiger partial charge in [-0.05, 0) is 32.3 Å². The van der Waals surface area contributed by atoms with Crippen LogP contribution in [0.25, 0.3) is 0 Å². The summed E-state index contributed by atoms with van der Waals surface area (Å²) in [7, 11) is 0. The summed E-state index contributed by atoms with van der Waals surface area (Å²) in [5.74, 6) is -0.349. The number of non-ortho nitro benzene ring substituents is 1. The smallest absolute Gasteiger partial charge is 0.270 e. The molecule has 96 valence electrons. The summed E-state index contributed by atoms with van der Waals surface area (Å²) in [6.45, 7) is 1.96. The van der Waals surface area contributed by atoms with Gasteiger partial charge in [-0.15, -0.1) is 0 Å². The fraction of sp³-hybridized carbons (Fsp3) is 0.417. The highest BCUT2D eigenvalue weighted by atomic mass is 16.6. The monoisotopic (exact) mass is 249 g/mol. The van der Waals surface area contributed by atoms with E-state index in [2.05, 4.69) is 5.32 Å². The van der Waals surface area contributed by atoms with Crippen molar-refractivity contribution in [2.75, 3.05) is 5.73 Å². The van der Waals surface area contributed by atoms with E-state index in [9.17, 15) is 14.9 Å². The van der Waals surface area contributed by atoms with E-state index >= 15 is 0 Å². The van der Waals surface area contributed by atoms with Crippen LogP contribution in [0.1, 0.15) is 36.5 Å². The fourth-order valence-electron chi connectivity index (χ4n) is 2.03. The van der Waals surface area contributed by atoms with Crippen LogP contribution < -0.4 is 11.1 Å². The number of rotatable bonds is 3. The molecule has 6 nitrogen and oxygen atoms in total. The average molecular weight is 249 g/mol. The van der Waals surface area contributed by atoms with Gasteiger partial charge >= 0.3 is 0 Å². The zero-order valence-corrected chi connectivity index (χ0v) is 10.1. The van der Waals surface area contributed by atoms with Crippen molar-refractivity contribution < 1.29 is 9.72 Å². The molecule has 0 aliphatic heterocycles. The maximum Gasteiger partial charge on any atom is 0.270 e. The molecule has 0 bridgehead atoms. The van der Waals surface area contributed by atoms with Crippen molar-refractivity contribution in [3.05, 3.63) is 33.9 Å². The van der Waals surface area contributed by atoms with E-state index in [0.717, 1.165) is 19.3 Å². The molecule has 0 radical (unpaired) electrons. The molecule has 2 rings (SSSR count). The zero-order valence-electron chi connectivity index (χ0n) is 10.1. The molecule has 1 aromatic rings. The summed E-state index contributed by atoms with van der Waals surface area (Å²) in [5, 5.41) is 13.5. The van der Waals surface area contributed by atoms with Crippen molar-refractivity contribution in [1.29, 1.82) is 0 Å². The van der Waals surface area contributed by atoms with Gasteiger partial charge in [-0.1, -0.05) is 0 Å². The SMILES string of the molecule is CC1(NC(=O)c2cc([N+](=O)[O-])ccc2N)CCC1. The normalized spacial score (nSPS) is 16.7. The zero-order chi connectivity index (χ0) is 13.3. The predicted molar refractivity (Wildman–Crippen MR) is 67.2 cm³/mol. The highest BCUT2D eigenvalue weighted by Crippen LogP contribution is 2.31. The molecule has 1 fully saturated rings. The van der Waals surface area contributed by atoms with Gasteiger partial charge in [0.25, 0.3) is 11.6 Å². The lowest BCUT2D eigenvalue weighted by Crippen LogP contribution is -2.51. The lowest BCUT2D eigenvalue weighted by Gasteiger charge is -2.39.